The third-order valence-corrected chi connectivity index (χ3v) is 6.84. The molecule has 3 rings (SSSR count). The molecule has 0 spiro atoms. The van der Waals surface area contributed by atoms with Gasteiger partial charge in [-0.05, 0) is 30.4 Å². The summed E-state index contributed by atoms with van der Waals surface area (Å²) in [6.07, 6.45) is 2.29. The minimum Gasteiger partial charge on any atom is -0.302 e. The van der Waals surface area contributed by atoms with Crippen LogP contribution in [-0.2, 0) is 14.8 Å². The Morgan fingerprint density at radius 2 is 2.00 bits per heavy atom. The minimum atomic E-state index is -3.17. The number of sulfonamides is 1. The number of carbonyl (C=O) groups is 1. The van der Waals surface area contributed by atoms with Crippen LogP contribution in [0.15, 0.2) is 18.2 Å². The van der Waals surface area contributed by atoms with Crippen LogP contribution in [0.3, 0.4) is 0 Å². The van der Waals surface area contributed by atoms with Crippen molar-refractivity contribution in [3.8, 4) is 0 Å². The summed E-state index contributed by atoms with van der Waals surface area (Å²) in [5, 5.41) is 3.53. The first kappa shape index (κ1) is 18.3. The molecule has 1 N–H and O–H groups in total. The molecule has 1 fully saturated rings. The van der Waals surface area contributed by atoms with Crippen molar-refractivity contribution in [1.82, 2.24) is 9.29 Å². The third kappa shape index (κ3) is 4.02. The van der Waals surface area contributed by atoms with Crippen LogP contribution in [-0.4, -0.2) is 43.0 Å². The van der Waals surface area contributed by atoms with Gasteiger partial charge in [-0.2, -0.15) is 0 Å². The predicted molar refractivity (Wildman–Crippen MR) is 101 cm³/mol. The predicted octanol–water partition coefficient (Wildman–Crippen LogP) is 3.03. The first-order valence-electron chi connectivity index (χ1n) is 8.41. The van der Waals surface area contributed by atoms with Crippen molar-refractivity contribution in [2.75, 3.05) is 24.7 Å². The Bertz CT molecular complexity index is 882. The van der Waals surface area contributed by atoms with Gasteiger partial charge in [0.15, 0.2) is 5.13 Å². The Morgan fingerprint density at radius 1 is 1.32 bits per heavy atom. The van der Waals surface area contributed by atoms with Gasteiger partial charge in [0.1, 0.15) is 0 Å². The van der Waals surface area contributed by atoms with E-state index in [9.17, 15) is 13.2 Å². The van der Waals surface area contributed by atoms with E-state index >= 15 is 0 Å². The molecule has 0 atom stereocenters. The van der Waals surface area contributed by atoms with E-state index in [4.69, 9.17) is 0 Å². The van der Waals surface area contributed by atoms with E-state index in [1.54, 1.807) is 0 Å². The molecule has 0 saturated carbocycles. The van der Waals surface area contributed by atoms with Gasteiger partial charge in [0.2, 0.25) is 15.9 Å². The second-order valence-electron chi connectivity index (χ2n) is 6.79. The summed E-state index contributed by atoms with van der Waals surface area (Å²) >= 11 is 1.48. The number of amides is 1. The first-order valence-corrected chi connectivity index (χ1v) is 11.1. The highest BCUT2D eigenvalue weighted by atomic mass is 32.2. The van der Waals surface area contributed by atoms with Crippen LogP contribution in [0.25, 0.3) is 10.2 Å². The van der Waals surface area contributed by atoms with Gasteiger partial charge >= 0.3 is 0 Å². The summed E-state index contributed by atoms with van der Waals surface area (Å²) in [5.41, 5.74) is 2.13. The highest BCUT2D eigenvalue weighted by Crippen LogP contribution is 2.32. The molecule has 0 unspecified atom stereocenters. The average Bonchev–Trinajstić information content (AvgIpc) is 2.96. The molecule has 2 heterocycles. The van der Waals surface area contributed by atoms with E-state index in [-0.39, 0.29) is 11.8 Å². The summed E-state index contributed by atoms with van der Waals surface area (Å²) < 4.78 is 25.6. The van der Waals surface area contributed by atoms with Gasteiger partial charge in [0.05, 0.1) is 16.5 Å². The molecular weight excluding hydrogens is 358 g/mol. The van der Waals surface area contributed by atoms with Crippen LogP contribution in [0.4, 0.5) is 5.13 Å². The summed E-state index contributed by atoms with van der Waals surface area (Å²) in [4.78, 5) is 17.1. The molecule has 1 amide bonds. The summed E-state index contributed by atoms with van der Waals surface area (Å²) in [5.74, 6) is 0.127. The monoisotopic (exact) mass is 381 g/mol. The zero-order valence-corrected chi connectivity index (χ0v) is 16.3. The summed E-state index contributed by atoms with van der Waals surface area (Å²) in [6.45, 7) is 5.05. The van der Waals surface area contributed by atoms with Crippen LogP contribution in [0.2, 0.25) is 0 Å². The highest BCUT2D eigenvalue weighted by molar-refractivity contribution is 7.88. The normalized spacial score (nSPS) is 17.3. The number of thiazole rings is 1. The van der Waals surface area contributed by atoms with Gasteiger partial charge in [-0.3, -0.25) is 4.79 Å². The average molecular weight is 382 g/mol. The van der Waals surface area contributed by atoms with E-state index in [2.05, 4.69) is 30.2 Å². The lowest BCUT2D eigenvalue weighted by Crippen LogP contribution is -2.40. The Balaban J connectivity index is 1.70. The largest absolute Gasteiger partial charge is 0.302 e. The maximum atomic E-state index is 12.5. The molecule has 0 aliphatic carbocycles. The number of nitrogens with zero attached hydrogens (tertiary/aromatic N) is 2. The third-order valence-electron chi connectivity index (χ3n) is 4.60. The van der Waals surface area contributed by atoms with Crippen LogP contribution in [0.5, 0.6) is 0 Å². The smallest absolute Gasteiger partial charge is 0.229 e. The van der Waals surface area contributed by atoms with Gasteiger partial charge in [0.25, 0.3) is 0 Å². The lowest BCUT2D eigenvalue weighted by atomic mass is 9.97. The Hall–Kier alpha value is -1.51. The highest BCUT2D eigenvalue weighted by Gasteiger charge is 2.29. The Labute approximate surface area is 152 Å². The van der Waals surface area contributed by atoms with Crippen molar-refractivity contribution in [1.29, 1.82) is 0 Å². The lowest BCUT2D eigenvalue weighted by Gasteiger charge is -2.29. The number of piperidine rings is 1. The molecule has 136 valence electrons. The summed E-state index contributed by atoms with van der Waals surface area (Å²) in [7, 11) is -3.17. The molecule has 6 nitrogen and oxygen atoms in total. The number of hydrogen-bond donors (Lipinski definition) is 1. The fourth-order valence-electron chi connectivity index (χ4n) is 3.15. The lowest BCUT2D eigenvalue weighted by molar-refractivity contribution is -0.120. The molecule has 25 heavy (non-hydrogen) atoms. The van der Waals surface area contributed by atoms with Crippen molar-refractivity contribution in [2.45, 2.75) is 32.6 Å². The second-order valence-corrected chi connectivity index (χ2v) is 9.81. The first-order chi connectivity index (χ1) is 11.8. The van der Waals surface area contributed by atoms with Crippen LogP contribution in [0, 0.1) is 5.92 Å². The van der Waals surface area contributed by atoms with E-state index in [0.29, 0.717) is 37.0 Å². The number of rotatable bonds is 4. The van der Waals surface area contributed by atoms with Crippen molar-refractivity contribution in [2.24, 2.45) is 5.92 Å². The van der Waals surface area contributed by atoms with Crippen LogP contribution in [0.1, 0.15) is 38.2 Å². The number of benzene rings is 1. The van der Waals surface area contributed by atoms with Crippen molar-refractivity contribution in [3.63, 3.8) is 0 Å². The zero-order chi connectivity index (χ0) is 18.2. The van der Waals surface area contributed by atoms with Gasteiger partial charge in [-0.25, -0.2) is 17.7 Å². The Morgan fingerprint density at radius 3 is 2.60 bits per heavy atom. The van der Waals surface area contributed by atoms with Crippen LogP contribution >= 0.6 is 11.3 Å². The molecule has 2 aromatic rings. The number of fused-ring (bicyclic) bond motifs is 1. The van der Waals surface area contributed by atoms with Crippen LogP contribution < -0.4 is 5.32 Å². The number of aromatic nitrogens is 1. The molecule has 1 aromatic heterocycles. The van der Waals surface area contributed by atoms with Gasteiger partial charge in [-0.1, -0.05) is 37.3 Å². The van der Waals surface area contributed by atoms with E-state index in [0.717, 1.165) is 10.2 Å². The second kappa shape index (κ2) is 7.01. The molecule has 1 aliphatic rings. The molecule has 0 bridgehead atoms. The Kier molecular flexibility index (Phi) is 5.13. The topological polar surface area (TPSA) is 79.4 Å². The number of anilines is 1. The van der Waals surface area contributed by atoms with E-state index in [1.807, 2.05) is 12.1 Å². The molecule has 8 heteroatoms. The van der Waals surface area contributed by atoms with Gasteiger partial charge in [0, 0.05) is 19.0 Å². The molecule has 1 saturated heterocycles. The maximum absolute atomic E-state index is 12.5. The quantitative estimate of drug-likeness (QED) is 0.883. The van der Waals surface area contributed by atoms with Crippen molar-refractivity contribution >= 4 is 42.6 Å². The number of nitrogens with one attached hydrogen (secondary N) is 1. The summed E-state index contributed by atoms with van der Waals surface area (Å²) in [6, 6.07) is 6.10. The SMILES string of the molecule is CC(C)c1cccc2sc(NC(=O)C3CCN(S(C)(=O)=O)CC3)nc12. The molecular formula is C17H23N3O3S2. The molecule has 0 radical (unpaired) electrons. The minimum absolute atomic E-state index is 0.0710. The fourth-order valence-corrected chi connectivity index (χ4v) is 4.92. The van der Waals surface area contributed by atoms with E-state index in [1.165, 1.54) is 27.5 Å². The van der Waals surface area contributed by atoms with Crippen molar-refractivity contribution < 1.29 is 13.2 Å². The number of hydrogen-bond acceptors (Lipinski definition) is 5. The fraction of sp³-hybridized carbons (Fsp3) is 0.529. The molecule has 1 aromatic carbocycles. The molecule has 1 aliphatic heterocycles. The number of carbonyl (C=O) groups excluding carboxylic acids is 1. The van der Waals surface area contributed by atoms with Crippen molar-refractivity contribution in [3.05, 3.63) is 23.8 Å². The van der Waals surface area contributed by atoms with Gasteiger partial charge < -0.3 is 5.32 Å². The number of para-hydroxylation sites is 1. The standard InChI is InChI=1S/C17H23N3O3S2/c1-11(2)13-5-4-6-14-15(13)18-17(24-14)19-16(21)12-7-9-20(10-8-12)25(3,22)23/h4-6,11-12H,7-10H2,1-3H3,(H,18,19,21). The van der Waals surface area contributed by atoms with Gasteiger partial charge in [-0.15, -0.1) is 0 Å². The zero-order valence-electron chi connectivity index (χ0n) is 14.7. The maximum Gasteiger partial charge on any atom is 0.229 e. The van der Waals surface area contributed by atoms with E-state index < -0.39 is 10.0 Å².